The van der Waals surface area contributed by atoms with E-state index < -0.39 is 0 Å². The summed E-state index contributed by atoms with van der Waals surface area (Å²) in [7, 11) is 0. The lowest BCUT2D eigenvalue weighted by molar-refractivity contribution is 1.59. The van der Waals surface area contributed by atoms with Crippen molar-refractivity contribution in [1.82, 2.24) is 0 Å². The Kier molecular flexibility index (Phi) is 7.27. The monoisotopic (exact) mass is 708 g/mol. The molecule has 56 heavy (non-hydrogen) atoms. The van der Waals surface area contributed by atoms with E-state index in [1.165, 1.54) is 98.7 Å². The fourth-order valence-corrected chi connectivity index (χ4v) is 9.36. The van der Waals surface area contributed by atoms with Gasteiger partial charge in [0.25, 0.3) is 0 Å². The van der Waals surface area contributed by atoms with Crippen LogP contribution in [-0.4, -0.2) is 0 Å². The maximum Gasteiger partial charge on any atom is -0.00201 e. The number of rotatable bonds is 5. The van der Waals surface area contributed by atoms with E-state index in [-0.39, 0.29) is 0 Å². The minimum Gasteiger partial charge on any atom is -0.0911 e. The van der Waals surface area contributed by atoms with Crippen LogP contribution < -0.4 is 10.4 Å². The third kappa shape index (κ3) is 4.86. The fourth-order valence-electron chi connectivity index (χ4n) is 9.36. The summed E-state index contributed by atoms with van der Waals surface area (Å²) in [5, 5.41) is 14.3. The minimum absolute atomic E-state index is 1.00. The molecule has 0 fully saturated rings. The molecule has 0 radical (unpaired) electrons. The highest BCUT2D eigenvalue weighted by molar-refractivity contribution is 6.30. The number of hydrogen-bond acceptors (Lipinski definition) is 0. The molecule has 11 aromatic rings. The Balaban J connectivity index is 1.29. The lowest BCUT2D eigenvalue weighted by atomic mass is 9.82. The fraction of sp³-hybridized carbons (Fsp3) is 0. The van der Waals surface area contributed by atoms with Gasteiger partial charge in [-0.25, -0.2) is 0 Å². The smallest absolute Gasteiger partial charge is 0.00201 e. The van der Waals surface area contributed by atoms with Gasteiger partial charge in [0.1, 0.15) is 0 Å². The molecule has 0 atom stereocenters. The highest BCUT2D eigenvalue weighted by Gasteiger charge is 2.21. The van der Waals surface area contributed by atoms with E-state index in [1.54, 1.807) is 0 Å². The molecule has 0 N–H and O–H groups in total. The largest absolute Gasteiger partial charge is 0.0911 e. The summed E-state index contributed by atoms with van der Waals surface area (Å²) in [6.45, 7) is 9.27. The molecule has 11 rings (SSSR count). The second kappa shape index (κ2) is 12.7. The topological polar surface area (TPSA) is 0 Å². The van der Waals surface area contributed by atoms with Gasteiger partial charge in [0, 0.05) is 0 Å². The van der Waals surface area contributed by atoms with Gasteiger partial charge in [-0.3, -0.25) is 0 Å². The van der Waals surface area contributed by atoms with Crippen LogP contribution in [0.2, 0.25) is 0 Å². The minimum atomic E-state index is 1.00. The SMILES string of the molecule is C=c1ccc(-c2ccccc2-c2ccccc2)c2cc(-c3cc4c(-c5ccccc5-c5ccccc5)ccc5ccc6cccc3c6c54)c3cccc(=C)c3c12. The van der Waals surface area contributed by atoms with E-state index in [4.69, 9.17) is 0 Å². The van der Waals surface area contributed by atoms with Crippen LogP contribution in [0.25, 0.3) is 123 Å². The van der Waals surface area contributed by atoms with Crippen molar-refractivity contribution in [2.75, 3.05) is 0 Å². The molecule has 0 amide bonds. The number of hydrogen-bond donors (Lipinski definition) is 0. The third-order valence-electron chi connectivity index (χ3n) is 11.9. The van der Waals surface area contributed by atoms with Gasteiger partial charge in [-0.15, -0.1) is 0 Å². The quantitative estimate of drug-likeness (QED) is 0.156. The maximum absolute atomic E-state index is 4.64. The molecule has 0 unspecified atom stereocenters. The predicted octanol–water partition coefficient (Wildman–Crippen LogP) is 14.0. The molecule has 0 aliphatic rings. The number of fused-ring (bicyclic) bond motifs is 3. The van der Waals surface area contributed by atoms with Crippen molar-refractivity contribution in [1.29, 1.82) is 0 Å². The van der Waals surface area contributed by atoms with Crippen molar-refractivity contribution in [3.8, 4) is 55.6 Å². The third-order valence-corrected chi connectivity index (χ3v) is 11.9. The lowest BCUT2D eigenvalue weighted by Gasteiger charge is -2.21. The summed E-state index contributed by atoms with van der Waals surface area (Å²) in [5.74, 6) is 0. The first-order valence-electron chi connectivity index (χ1n) is 19.3. The van der Waals surface area contributed by atoms with E-state index in [9.17, 15) is 0 Å². The second-order valence-corrected chi connectivity index (χ2v) is 14.9. The molecule has 260 valence electrons. The average molecular weight is 709 g/mol. The van der Waals surface area contributed by atoms with Crippen molar-refractivity contribution >= 4 is 67.0 Å². The van der Waals surface area contributed by atoms with Gasteiger partial charge < -0.3 is 0 Å². The van der Waals surface area contributed by atoms with E-state index >= 15 is 0 Å². The molecule has 11 aromatic carbocycles. The van der Waals surface area contributed by atoms with Gasteiger partial charge in [0.05, 0.1) is 0 Å². The van der Waals surface area contributed by atoms with E-state index in [0.29, 0.717) is 0 Å². The molecule has 0 aromatic heterocycles. The molecule has 0 saturated carbocycles. The maximum atomic E-state index is 4.64. The van der Waals surface area contributed by atoms with Crippen LogP contribution in [0.4, 0.5) is 0 Å². The lowest BCUT2D eigenvalue weighted by Crippen LogP contribution is -2.08. The molecular formula is C56H36. The van der Waals surface area contributed by atoms with Gasteiger partial charge in [0.2, 0.25) is 0 Å². The molecule has 0 heteroatoms. The van der Waals surface area contributed by atoms with Gasteiger partial charge in [-0.05, 0) is 132 Å². The van der Waals surface area contributed by atoms with E-state index in [2.05, 4.69) is 207 Å². The highest BCUT2D eigenvalue weighted by Crippen LogP contribution is 2.47. The molecule has 0 heterocycles. The van der Waals surface area contributed by atoms with Crippen LogP contribution in [-0.2, 0) is 0 Å². The van der Waals surface area contributed by atoms with Gasteiger partial charge in [0.15, 0.2) is 0 Å². The zero-order valence-corrected chi connectivity index (χ0v) is 30.9. The van der Waals surface area contributed by atoms with Crippen LogP contribution in [0.15, 0.2) is 194 Å². The first-order chi connectivity index (χ1) is 27.6. The summed E-state index contributed by atoms with van der Waals surface area (Å²) in [6, 6.07) is 71.0. The molecule has 0 bridgehead atoms. The summed E-state index contributed by atoms with van der Waals surface area (Å²) in [5.41, 5.74) is 12.1. The Morgan fingerprint density at radius 3 is 1.25 bits per heavy atom. The Morgan fingerprint density at radius 2 is 0.643 bits per heavy atom. The molecule has 0 aliphatic heterocycles. The van der Waals surface area contributed by atoms with Crippen LogP contribution >= 0.6 is 0 Å². The summed E-state index contributed by atoms with van der Waals surface area (Å²) in [6.07, 6.45) is 0. The van der Waals surface area contributed by atoms with Crippen molar-refractivity contribution in [3.05, 3.63) is 205 Å². The first kappa shape index (κ1) is 32.2. The molecule has 0 aliphatic carbocycles. The summed E-state index contributed by atoms with van der Waals surface area (Å²) in [4.78, 5) is 0. The second-order valence-electron chi connectivity index (χ2n) is 14.9. The molecule has 0 saturated heterocycles. The van der Waals surface area contributed by atoms with Crippen molar-refractivity contribution in [2.45, 2.75) is 0 Å². The average Bonchev–Trinajstić information content (AvgIpc) is 3.26. The molecular weight excluding hydrogens is 673 g/mol. The van der Waals surface area contributed by atoms with Crippen molar-refractivity contribution < 1.29 is 0 Å². The van der Waals surface area contributed by atoms with E-state index in [0.717, 1.165) is 21.2 Å². The number of benzene rings is 11. The van der Waals surface area contributed by atoms with Crippen molar-refractivity contribution in [2.24, 2.45) is 0 Å². The Hall–Kier alpha value is -7.28. The van der Waals surface area contributed by atoms with Gasteiger partial charge >= 0.3 is 0 Å². The first-order valence-corrected chi connectivity index (χ1v) is 19.3. The van der Waals surface area contributed by atoms with Crippen LogP contribution in [0.5, 0.6) is 0 Å². The van der Waals surface area contributed by atoms with Crippen LogP contribution in [0.1, 0.15) is 0 Å². The highest BCUT2D eigenvalue weighted by atomic mass is 14.2. The summed E-state index contributed by atoms with van der Waals surface area (Å²) >= 11 is 0. The van der Waals surface area contributed by atoms with Crippen molar-refractivity contribution in [3.63, 3.8) is 0 Å². The summed E-state index contributed by atoms with van der Waals surface area (Å²) < 4.78 is 0. The zero-order chi connectivity index (χ0) is 37.3. The van der Waals surface area contributed by atoms with Crippen LogP contribution in [0, 0.1) is 0 Å². The molecule has 0 spiro atoms. The predicted molar refractivity (Wildman–Crippen MR) is 243 cm³/mol. The Bertz CT molecular complexity index is 3430. The normalized spacial score (nSPS) is 11.7. The van der Waals surface area contributed by atoms with E-state index in [1.807, 2.05) is 0 Å². The Labute approximate surface area is 325 Å². The van der Waals surface area contributed by atoms with Crippen LogP contribution in [0.3, 0.4) is 0 Å². The Morgan fingerprint density at radius 1 is 0.232 bits per heavy atom. The molecule has 0 nitrogen and oxygen atoms in total. The van der Waals surface area contributed by atoms with Gasteiger partial charge in [-0.1, -0.05) is 195 Å². The van der Waals surface area contributed by atoms with Gasteiger partial charge in [-0.2, -0.15) is 0 Å². The standard InChI is InChI=1S/C56H36/c1-35-15-13-25-47-49(33-51-45(31-27-36(2)54(51)53(35)47)43-23-11-9-21-41(43)37-16-5-3-6-17-37)50-34-52-46(44-24-12-10-22-42(44)38-18-7-4-8-19-38)32-30-40-29-28-39-20-14-26-48(50)55(39)56(40)52/h3-34H,1-2H2. The zero-order valence-electron chi connectivity index (χ0n) is 30.9.